The second-order valence-corrected chi connectivity index (χ2v) is 2.11. The molecule has 0 radical (unpaired) electrons. The van der Waals surface area contributed by atoms with Gasteiger partial charge < -0.3 is 11.1 Å². The van der Waals surface area contributed by atoms with Crippen LogP contribution in [0.1, 0.15) is 6.42 Å². The Hall–Kier alpha value is -0.700. The van der Waals surface area contributed by atoms with Gasteiger partial charge in [-0.25, -0.2) is 0 Å². The number of nitrogens with two attached hydrogens (primary N) is 1. The molecule has 1 amide bonds. The predicted molar refractivity (Wildman–Crippen MR) is 41.7 cm³/mol. The zero-order valence-corrected chi connectivity index (χ0v) is 6.36. The van der Waals surface area contributed by atoms with E-state index < -0.39 is 0 Å². The Kier molecular flexibility index (Phi) is 3.88. The summed E-state index contributed by atoms with van der Waals surface area (Å²) in [7, 11) is 0. The Morgan fingerprint density at radius 1 is 1.70 bits per heavy atom. The van der Waals surface area contributed by atoms with Crippen LogP contribution in [0.15, 0.2) is 12.3 Å². The summed E-state index contributed by atoms with van der Waals surface area (Å²) in [6.45, 7) is 0.851. The maximum Gasteiger partial charge on any atom is 0.224 e. The largest absolute Gasteiger partial charge is 0.391 e. The van der Waals surface area contributed by atoms with Crippen molar-refractivity contribution in [1.29, 1.82) is 0 Å². The molecule has 1 heterocycles. The molecule has 0 aromatic heterocycles. The first-order valence-corrected chi connectivity index (χ1v) is 3.00. The van der Waals surface area contributed by atoms with Gasteiger partial charge in [0.15, 0.2) is 0 Å². The molecule has 1 aliphatic rings. The van der Waals surface area contributed by atoms with Gasteiger partial charge in [0.25, 0.3) is 0 Å². The number of hydrogen-bond acceptors (Lipinski definition) is 2. The SMILES string of the molecule is Cl.NC(=O)C1C=CNCC1. The van der Waals surface area contributed by atoms with Gasteiger partial charge in [0.05, 0.1) is 5.92 Å². The van der Waals surface area contributed by atoms with E-state index in [4.69, 9.17) is 5.73 Å². The second kappa shape index (κ2) is 4.17. The molecular formula is C6H11ClN2O. The van der Waals surface area contributed by atoms with E-state index in [9.17, 15) is 4.79 Å². The molecule has 0 bridgehead atoms. The van der Waals surface area contributed by atoms with Gasteiger partial charge >= 0.3 is 0 Å². The number of hydrogen-bond donors (Lipinski definition) is 2. The van der Waals surface area contributed by atoms with E-state index in [2.05, 4.69) is 5.32 Å². The van der Waals surface area contributed by atoms with Crippen LogP contribution in [-0.2, 0) is 4.79 Å². The van der Waals surface area contributed by atoms with Gasteiger partial charge in [0.2, 0.25) is 5.91 Å². The van der Waals surface area contributed by atoms with Crippen molar-refractivity contribution in [2.75, 3.05) is 6.54 Å². The Bertz CT molecular complexity index is 147. The third kappa shape index (κ3) is 2.27. The fraction of sp³-hybridized carbons (Fsp3) is 0.500. The smallest absolute Gasteiger partial charge is 0.224 e. The molecule has 0 aromatic rings. The molecule has 0 saturated carbocycles. The van der Waals surface area contributed by atoms with E-state index in [0.29, 0.717) is 0 Å². The average molecular weight is 163 g/mol. The van der Waals surface area contributed by atoms with Crippen molar-refractivity contribution in [1.82, 2.24) is 5.32 Å². The zero-order valence-electron chi connectivity index (χ0n) is 5.54. The van der Waals surface area contributed by atoms with Crippen LogP contribution in [0, 0.1) is 5.92 Å². The molecule has 0 spiro atoms. The molecule has 1 aliphatic heterocycles. The molecule has 1 rings (SSSR count). The molecule has 0 saturated heterocycles. The Balaban J connectivity index is 0.000000810. The number of carbonyl (C=O) groups excluding carboxylic acids is 1. The third-order valence-corrected chi connectivity index (χ3v) is 1.41. The maximum atomic E-state index is 10.5. The molecule has 0 aromatic carbocycles. The first kappa shape index (κ1) is 9.30. The van der Waals surface area contributed by atoms with Gasteiger partial charge in [-0.3, -0.25) is 4.79 Å². The predicted octanol–water partition coefficient (Wildman–Crippen LogP) is 0.0167. The van der Waals surface area contributed by atoms with Gasteiger partial charge in [-0.2, -0.15) is 0 Å². The Labute approximate surface area is 66.1 Å². The van der Waals surface area contributed by atoms with Gasteiger partial charge in [-0.05, 0) is 12.6 Å². The van der Waals surface area contributed by atoms with E-state index in [1.165, 1.54) is 0 Å². The van der Waals surface area contributed by atoms with Crippen LogP contribution in [0.4, 0.5) is 0 Å². The number of nitrogens with one attached hydrogen (secondary N) is 1. The molecule has 3 nitrogen and oxygen atoms in total. The highest BCUT2D eigenvalue weighted by Gasteiger charge is 2.12. The lowest BCUT2D eigenvalue weighted by molar-refractivity contribution is -0.120. The first-order valence-electron chi connectivity index (χ1n) is 3.00. The Morgan fingerprint density at radius 2 is 2.40 bits per heavy atom. The number of rotatable bonds is 1. The van der Waals surface area contributed by atoms with Crippen LogP contribution in [0.25, 0.3) is 0 Å². The summed E-state index contributed by atoms with van der Waals surface area (Å²) >= 11 is 0. The van der Waals surface area contributed by atoms with Gasteiger partial charge in [0, 0.05) is 6.54 Å². The van der Waals surface area contributed by atoms with Crippen molar-refractivity contribution in [3.05, 3.63) is 12.3 Å². The quantitative estimate of drug-likeness (QED) is 0.571. The van der Waals surface area contributed by atoms with E-state index in [0.717, 1.165) is 13.0 Å². The molecule has 10 heavy (non-hydrogen) atoms. The highest BCUT2D eigenvalue weighted by molar-refractivity contribution is 5.85. The highest BCUT2D eigenvalue weighted by atomic mass is 35.5. The normalized spacial score (nSPS) is 22.6. The van der Waals surface area contributed by atoms with Crippen LogP contribution >= 0.6 is 12.4 Å². The van der Waals surface area contributed by atoms with Crippen LogP contribution in [-0.4, -0.2) is 12.5 Å². The summed E-state index contributed by atoms with van der Waals surface area (Å²) in [5.41, 5.74) is 5.05. The van der Waals surface area contributed by atoms with Crippen LogP contribution in [0.2, 0.25) is 0 Å². The zero-order chi connectivity index (χ0) is 6.69. The molecule has 1 unspecified atom stereocenters. The van der Waals surface area contributed by atoms with Crippen LogP contribution in [0.5, 0.6) is 0 Å². The molecule has 4 heteroatoms. The number of primary amides is 1. The monoisotopic (exact) mass is 162 g/mol. The highest BCUT2D eigenvalue weighted by Crippen LogP contribution is 2.05. The minimum atomic E-state index is -0.229. The molecule has 0 fully saturated rings. The lowest BCUT2D eigenvalue weighted by atomic mass is 10.0. The average Bonchev–Trinajstić information content (AvgIpc) is 1.90. The van der Waals surface area contributed by atoms with Crippen molar-refractivity contribution in [3.8, 4) is 0 Å². The van der Waals surface area contributed by atoms with Crippen LogP contribution < -0.4 is 11.1 Å². The van der Waals surface area contributed by atoms with E-state index in [1.807, 2.05) is 0 Å². The number of amides is 1. The lowest BCUT2D eigenvalue weighted by Crippen LogP contribution is -2.28. The molecule has 0 aliphatic carbocycles. The molecular weight excluding hydrogens is 152 g/mol. The molecule has 58 valence electrons. The van der Waals surface area contributed by atoms with Crippen LogP contribution in [0.3, 0.4) is 0 Å². The summed E-state index contributed by atoms with van der Waals surface area (Å²) in [5.74, 6) is -0.279. The van der Waals surface area contributed by atoms with E-state index in [1.54, 1.807) is 12.3 Å². The van der Waals surface area contributed by atoms with Crippen molar-refractivity contribution >= 4 is 18.3 Å². The van der Waals surface area contributed by atoms with Crippen molar-refractivity contribution in [2.24, 2.45) is 11.7 Å². The number of halogens is 1. The van der Waals surface area contributed by atoms with E-state index in [-0.39, 0.29) is 24.2 Å². The standard InChI is InChI=1S/C6H10N2O.ClH/c7-6(9)5-1-3-8-4-2-5;/h1,3,5,8H,2,4H2,(H2,7,9);1H. The molecule has 3 N–H and O–H groups in total. The second-order valence-electron chi connectivity index (χ2n) is 2.11. The minimum Gasteiger partial charge on any atom is -0.391 e. The van der Waals surface area contributed by atoms with E-state index >= 15 is 0 Å². The number of carbonyl (C=O) groups is 1. The summed E-state index contributed by atoms with van der Waals surface area (Å²) in [4.78, 5) is 10.5. The molecule has 1 atom stereocenters. The summed E-state index contributed by atoms with van der Waals surface area (Å²) < 4.78 is 0. The van der Waals surface area contributed by atoms with Crippen molar-refractivity contribution in [3.63, 3.8) is 0 Å². The fourth-order valence-corrected chi connectivity index (χ4v) is 0.840. The van der Waals surface area contributed by atoms with Gasteiger partial charge in [-0.1, -0.05) is 6.08 Å². The minimum absolute atomic E-state index is 0. The Morgan fingerprint density at radius 3 is 2.70 bits per heavy atom. The lowest BCUT2D eigenvalue weighted by Gasteiger charge is -2.12. The summed E-state index contributed by atoms with van der Waals surface area (Å²) in [6.07, 6.45) is 4.40. The fourth-order valence-electron chi connectivity index (χ4n) is 0.840. The maximum absolute atomic E-state index is 10.5. The summed E-state index contributed by atoms with van der Waals surface area (Å²) in [5, 5.41) is 2.98. The first-order chi connectivity index (χ1) is 4.30. The van der Waals surface area contributed by atoms with Crippen molar-refractivity contribution < 1.29 is 4.79 Å². The van der Waals surface area contributed by atoms with Crippen molar-refractivity contribution in [2.45, 2.75) is 6.42 Å². The van der Waals surface area contributed by atoms with Gasteiger partial charge in [0.1, 0.15) is 0 Å². The summed E-state index contributed by atoms with van der Waals surface area (Å²) in [6, 6.07) is 0. The topological polar surface area (TPSA) is 55.1 Å². The third-order valence-electron chi connectivity index (χ3n) is 1.41. The van der Waals surface area contributed by atoms with Gasteiger partial charge in [-0.15, -0.1) is 12.4 Å².